The van der Waals surface area contributed by atoms with Crippen LogP contribution in [-0.2, 0) is 5.41 Å². The maximum absolute atomic E-state index is 9.45. The first-order chi connectivity index (χ1) is 26.9. The minimum absolute atomic E-state index is 0.284. The first kappa shape index (κ1) is 34.6. The zero-order valence-corrected chi connectivity index (χ0v) is 31.5. The van der Waals surface area contributed by atoms with Crippen LogP contribution in [0.5, 0.6) is 0 Å². The van der Waals surface area contributed by atoms with Gasteiger partial charge in [-0.1, -0.05) is 123 Å². The van der Waals surface area contributed by atoms with Crippen molar-refractivity contribution in [1.29, 1.82) is 5.26 Å². The van der Waals surface area contributed by atoms with Crippen molar-refractivity contribution < 1.29 is 0 Å². The molecule has 4 atom stereocenters. The lowest BCUT2D eigenvalue weighted by Gasteiger charge is -2.50. The van der Waals surface area contributed by atoms with E-state index in [1.54, 1.807) is 0 Å². The maximum atomic E-state index is 9.45. The summed E-state index contributed by atoms with van der Waals surface area (Å²) in [5.41, 5.74) is 12.0. The van der Waals surface area contributed by atoms with Gasteiger partial charge in [0.15, 0.2) is 17.5 Å². The van der Waals surface area contributed by atoms with Crippen LogP contribution in [-0.4, -0.2) is 15.0 Å². The topological polar surface area (TPSA) is 62.5 Å². The summed E-state index contributed by atoms with van der Waals surface area (Å²) in [5.74, 6) is 4.16. The summed E-state index contributed by atoms with van der Waals surface area (Å²) in [6.07, 6.45) is 6.65. The van der Waals surface area contributed by atoms with E-state index in [2.05, 4.69) is 117 Å². The molecule has 2 unspecified atom stereocenters. The Morgan fingerprint density at radius 3 is 1.38 bits per heavy atom. The van der Waals surface area contributed by atoms with Crippen molar-refractivity contribution in [3.05, 3.63) is 163 Å². The van der Waals surface area contributed by atoms with Crippen LogP contribution in [0, 0.1) is 29.1 Å². The second kappa shape index (κ2) is 14.6. The van der Waals surface area contributed by atoms with Gasteiger partial charge < -0.3 is 0 Å². The zero-order valence-electron chi connectivity index (χ0n) is 31.5. The highest BCUT2D eigenvalue weighted by molar-refractivity contribution is 5.81. The maximum Gasteiger partial charge on any atom is 0.164 e. The minimum Gasteiger partial charge on any atom is -0.208 e. The third-order valence-electron chi connectivity index (χ3n) is 11.9. The summed E-state index contributed by atoms with van der Waals surface area (Å²) in [4.78, 5) is 15.1. The summed E-state index contributed by atoms with van der Waals surface area (Å²) >= 11 is 0. The number of hydrogen-bond acceptors (Lipinski definition) is 4. The highest BCUT2D eigenvalue weighted by Crippen LogP contribution is 2.54. The third kappa shape index (κ3) is 7.11. The van der Waals surface area contributed by atoms with Crippen LogP contribution < -0.4 is 0 Å². The molecule has 1 aromatic heterocycles. The van der Waals surface area contributed by atoms with Crippen LogP contribution in [0.2, 0.25) is 0 Å². The van der Waals surface area contributed by atoms with Gasteiger partial charge in [-0.15, -0.1) is 0 Å². The summed E-state index contributed by atoms with van der Waals surface area (Å²) in [5, 5.41) is 9.45. The molecule has 4 heteroatoms. The second-order valence-electron chi connectivity index (χ2n) is 16.1. The Morgan fingerprint density at radius 2 is 0.855 bits per heavy atom. The number of rotatable bonds is 7. The molecule has 6 aromatic carbocycles. The molecule has 9 rings (SSSR count). The number of benzene rings is 6. The van der Waals surface area contributed by atoms with Crippen LogP contribution in [0.4, 0.5) is 0 Å². The van der Waals surface area contributed by atoms with Crippen molar-refractivity contribution in [3.8, 4) is 73.6 Å². The van der Waals surface area contributed by atoms with E-state index in [4.69, 9.17) is 15.0 Å². The lowest BCUT2D eigenvalue weighted by atomic mass is 9.54. The van der Waals surface area contributed by atoms with Gasteiger partial charge in [0.2, 0.25) is 0 Å². The van der Waals surface area contributed by atoms with Gasteiger partial charge in [-0.3, -0.25) is 0 Å². The van der Waals surface area contributed by atoms with Crippen molar-refractivity contribution >= 4 is 0 Å². The fraction of sp³-hybridized carbons (Fsp3) is 0.216. The molecule has 0 saturated heterocycles. The monoisotopic (exact) mass is 712 g/mol. The fourth-order valence-corrected chi connectivity index (χ4v) is 9.69. The Bertz CT molecular complexity index is 2460. The van der Waals surface area contributed by atoms with E-state index in [9.17, 15) is 5.26 Å². The lowest BCUT2D eigenvalue weighted by Crippen LogP contribution is -2.42. The Labute approximate surface area is 324 Å². The Balaban J connectivity index is 1.17. The van der Waals surface area contributed by atoms with Crippen molar-refractivity contribution in [2.45, 2.75) is 51.4 Å². The van der Waals surface area contributed by atoms with E-state index in [1.807, 2.05) is 54.6 Å². The molecule has 0 N–H and O–H groups in total. The van der Waals surface area contributed by atoms with Crippen LogP contribution >= 0.6 is 0 Å². The molecule has 1 heterocycles. The number of nitriles is 1. The molecule has 2 bridgehead atoms. The van der Waals surface area contributed by atoms with E-state index in [1.165, 1.54) is 54.4 Å². The lowest BCUT2D eigenvalue weighted by molar-refractivity contribution is 0.0780. The van der Waals surface area contributed by atoms with Gasteiger partial charge in [0.25, 0.3) is 0 Å². The van der Waals surface area contributed by atoms with Crippen LogP contribution in [0.25, 0.3) is 67.5 Å². The molecule has 2 saturated carbocycles. The summed E-state index contributed by atoms with van der Waals surface area (Å²) in [6, 6.07) is 55.3. The Kier molecular flexibility index (Phi) is 9.16. The zero-order chi connectivity index (χ0) is 37.4. The molecule has 4 nitrogen and oxygen atoms in total. The van der Waals surface area contributed by atoms with Crippen LogP contribution in [0.15, 0.2) is 152 Å². The predicted octanol–water partition coefficient (Wildman–Crippen LogP) is 12.8. The van der Waals surface area contributed by atoms with Crippen LogP contribution in [0.3, 0.4) is 0 Å². The predicted molar refractivity (Wildman–Crippen MR) is 224 cm³/mol. The van der Waals surface area contributed by atoms with Crippen LogP contribution in [0.1, 0.15) is 57.1 Å². The first-order valence-electron chi connectivity index (χ1n) is 19.7. The fourth-order valence-electron chi connectivity index (χ4n) is 9.69. The molecule has 55 heavy (non-hydrogen) atoms. The number of nitrogens with zero attached hydrogens (tertiary/aromatic N) is 4. The smallest absolute Gasteiger partial charge is 0.164 e. The minimum atomic E-state index is 0.284. The molecule has 2 fully saturated rings. The normalized spacial score (nSPS) is 20.4. The van der Waals surface area contributed by atoms with Gasteiger partial charge in [0.1, 0.15) is 0 Å². The number of aromatic nitrogens is 3. The highest BCUT2D eigenvalue weighted by Gasteiger charge is 2.45. The van der Waals surface area contributed by atoms with E-state index >= 15 is 0 Å². The van der Waals surface area contributed by atoms with E-state index in [-0.39, 0.29) is 5.41 Å². The standard InChI is InChI=1S/C51H44N4/c1-34-25-37-26-35(2)31-51(30-34,32-37)47-23-21-41(22-24-47)45-27-44(40-19-17-39(18-20-40)38-9-5-3-6-10-38)28-46(29-45)50-54-48(42-11-7-4-8-12-42)53-49(55-50)43-15-13-36(33-52)14-16-43/h3-24,27-29,34-35,37H,25-26,30-32H2,1-2H3/t34-,35+,37?,51?. The van der Waals surface area contributed by atoms with E-state index in [0.717, 1.165) is 51.1 Å². The summed E-state index contributed by atoms with van der Waals surface area (Å²) in [7, 11) is 0. The van der Waals surface area contributed by atoms with Crippen molar-refractivity contribution in [3.63, 3.8) is 0 Å². The molecular formula is C51H44N4. The Hall–Kier alpha value is -6.18. The number of fused-ring (bicyclic) bond motifs is 2. The highest BCUT2D eigenvalue weighted by atomic mass is 15.0. The SMILES string of the molecule is C[C@@H]1CC2C[C@H](C)CC(c3ccc(-c4cc(-c5ccc(-c6ccccc6)cc5)cc(-c5nc(-c6ccccc6)nc(-c6ccc(C#N)cc6)n5)c4)cc3)(C2)C1. The van der Waals surface area contributed by atoms with Crippen molar-refractivity contribution in [1.82, 2.24) is 15.0 Å². The Morgan fingerprint density at radius 1 is 0.455 bits per heavy atom. The summed E-state index contributed by atoms with van der Waals surface area (Å²) < 4.78 is 0. The van der Waals surface area contributed by atoms with Gasteiger partial charge in [-0.05, 0) is 137 Å². The molecule has 7 aromatic rings. The third-order valence-corrected chi connectivity index (χ3v) is 11.9. The molecular weight excluding hydrogens is 669 g/mol. The van der Waals surface area contributed by atoms with Gasteiger partial charge in [-0.2, -0.15) is 5.26 Å². The van der Waals surface area contributed by atoms with Crippen molar-refractivity contribution in [2.24, 2.45) is 17.8 Å². The van der Waals surface area contributed by atoms with E-state index in [0.29, 0.717) is 23.0 Å². The van der Waals surface area contributed by atoms with Crippen molar-refractivity contribution in [2.75, 3.05) is 0 Å². The quantitative estimate of drug-likeness (QED) is 0.165. The molecule has 2 aliphatic carbocycles. The van der Waals surface area contributed by atoms with Gasteiger partial charge in [-0.25, -0.2) is 15.0 Å². The largest absolute Gasteiger partial charge is 0.208 e. The summed E-state index contributed by atoms with van der Waals surface area (Å²) in [6.45, 7) is 4.92. The van der Waals surface area contributed by atoms with Gasteiger partial charge in [0.05, 0.1) is 11.6 Å². The van der Waals surface area contributed by atoms with Gasteiger partial charge in [0, 0.05) is 16.7 Å². The average Bonchev–Trinajstić information content (AvgIpc) is 3.23. The van der Waals surface area contributed by atoms with E-state index < -0.39 is 0 Å². The number of hydrogen-bond donors (Lipinski definition) is 0. The van der Waals surface area contributed by atoms with Gasteiger partial charge >= 0.3 is 0 Å². The molecule has 0 amide bonds. The average molecular weight is 713 g/mol. The molecule has 0 radical (unpaired) electrons. The first-order valence-corrected chi connectivity index (χ1v) is 19.7. The molecule has 0 spiro atoms. The molecule has 2 aliphatic rings. The molecule has 0 aliphatic heterocycles. The molecule has 268 valence electrons. The second-order valence-corrected chi connectivity index (χ2v) is 16.1.